The summed E-state index contributed by atoms with van der Waals surface area (Å²) >= 11 is 0. The van der Waals surface area contributed by atoms with Crippen molar-refractivity contribution in [3.63, 3.8) is 0 Å². The average Bonchev–Trinajstić information content (AvgIpc) is 2.76. The molecule has 0 fully saturated rings. The maximum Gasteiger partial charge on any atom is 0.318 e. The summed E-state index contributed by atoms with van der Waals surface area (Å²) in [5, 5.41) is 44.4. The van der Waals surface area contributed by atoms with Crippen LogP contribution in [0.15, 0.2) is 54.6 Å². The molecule has 0 aliphatic carbocycles. The van der Waals surface area contributed by atoms with E-state index in [4.69, 9.17) is 9.47 Å². The van der Waals surface area contributed by atoms with Crippen LogP contribution >= 0.6 is 0 Å². The molecule has 3 aromatic carbocycles. The first-order valence-corrected chi connectivity index (χ1v) is 8.89. The molecule has 0 bridgehead atoms. The van der Waals surface area contributed by atoms with Crippen LogP contribution in [0.5, 0.6) is 23.0 Å². The summed E-state index contributed by atoms with van der Waals surface area (Å²) in [6.07, 6.45) is 0. The minimum absolute atomic E-state index is 0.0778. The van der Waals surface area contributed by atoms with Gasteiger partial charge in [0.1, 0.15) is 11.5 Å². The molecule has 0 unspecified atom stereocenters. The lowest BCUT2D eigenvalue weighted by Crippen LogP contribution is -1.99. The third kappa shape index (κ3) is 4.79. The van der Waals surface area contributed by atoms with Crippen LogP contribution in [-0.4, -0.2) is 19.7 Å². The number of nitro benzene ring substituents is 4. The molecule has 0 atom stereocenters. The van der Waals surface area contributed by atoms with Gasteiger partial charge in [-0.15, -0.1) is 0 Å². The van der Waals surface area contributed by atoms with Crippen LogP contribution in [0, 0.1) is 47.4 Å². The third-order valence-electron chi connectivity index (χ3n) is 4.37. The van der Waals surface area contributed by atoms with Crippen molar-refractivity contribution in [2.45, 2.75) is 6.92 Å². The van der Waals surface area contributed by atoms with Gasteiger partial charge in [-0.1, -0.05) is 6.07 Å². The van der Waals surface area contributed by atoms with Crippen molar-refractivity contribution in [1.29, 1.82) is 0 Å². The van der Waals surface area contributed by atoms with Gasteiger partial charge < -0.3 is 9.47 Å². The Bertz CT molecular complexity index is 1210. The van der Waals surface area contributed by atoms with Crippen molar-refractivity contribution in [3.05, 3.63) is 101 Å². The number of benzene rings is 3. The van der Waals surface area contributed by atoms with Crippen molar-refractivity contribution < 1.29 is 29.2 Å². The van der Waals surface area contributed by atoms with Gasteiger partial charge in [-0.3, -0.25) is 40.5 Å². The van der Waals surface area contributed by atoms with Crippen molar-refractivity contribution in [3.8, 4) is 23.0 Å². The van der Waals surface area contributed by atoms with Crippen LogP contribution in [-0.2, 0) is 0 Å². The molecule has 0 radical (unpaired) electrons. The summed E-state index contributed by atoms with van der Waals surface area (Å²) in [6.45, 7) is 1.51. The molecule has 0 aliphatic rings. The minimum Gasteiger partial charge on any atom is -0.450 e. The summed E-state index contributed by atoms with van der Waals surface area (Å²) < 4.78 is 11.2. The molecule has 0 spiro atoms. The molecule has 3 aromatic rings. The Labute approximate surface area is 183 Å². The van der Waals surface area contributed by atoms with Crippen LogP contribution in [0.1, 0.15) is 5.56 Å². The van der Waals surface area contributed by atoms with E-state index in [-0.39, 0.29) is 28.6 Å². The Morgan fingerprint density at radius 1 is 0.576 bits per heavy atom. The number of rotatable bonds is 8. The first-order valence-electron chi connectivity index (χ1n) is 8.89. The number of ether oxygens (including phenoxy) is 2. The van der Waals surface area contributed by atoms with Gasteiger partial charge in [0.15, 0.2) is 0 Å². The molecule has 0 heterocycles. The number of nitro groups is 4. The zero-order valence-electron chi connectivity index (χ0n) is 16.6. The van der Waals surface area contributed by atoms with Crippen LogP contribution in [0.2, 0.25) is 0 Å². The van der Waals surface area contributed by atoms with E-state index in [1.54, 1.807) is 0 Å². The van der Waals surface area contributed by atoms with E-state index < -0.39 is 42.4 Å². The van der Waals surface area contributed by atoms with Gasteiger partial charge in [0.25, 0.3) is 11.4 Å². The molecule has 0 saturated carbocycles. The molecule has 0 saturated heterocycles. The van der Waals surface area contributed by atoms with Gasteiger partial charge in [-0.25, -0.2) is 0 Å². The Balaban J connectivity index is 1.98. The fourth-order valence-electron chi connectivity index (χ4n) is 2.75. The Morgan fingerprint density at radius 2 is 0.970 bits per heavy atom. The Morgan fingerprint density at radius 3 is 1.30 bits per heavy atom. The molecule has 0 aliphatic heterocycles. The fourth-order valence-corrected chi connectivity index (χ4v) is 2.75. The molecule has 0 aromatic heterocycles. The summed E-state index contributed by atoms with van der Waals surface area (Å²) in [7, 11) is 0. The highest BCUT2D eigenvalue weighted by atomic mass is 16.6. The fraction of sp³-hybridized carbons (Fsp3) is 0.0526. The average molecular weight is 456 g/mol. The van der Waals surface area contributed by atoms with Gasteiger partial charge in [0.05, 0.1) is 31.8 Å². The molecule has 3 rings (SSSR count). The summed E-state index contributed by atoms with van der Waals surface area (Å²) in [5.41, 5.74) is -1.97. The van der Waals surface area contributed by atoms with E-state index in [0.717, 1.165) is 36.4 Å². The van der Waals surface area contributed by atoms with E-state index in [0.29, 0.717) is 0 Å². The van der Waals surface area contributed by atoms with Crippen molar-refractivity contribution in [2.24, 2.45) is 0 Å². The smallest absolute Gasteiger partial charge is 0.318 e. The molecule has 33 heavy (non-hydrogen) atoms. The highest BCUT2D eigenvalue weighted by Crippen LogP contribution is 2.40. The number of hydrogen-bond donors (Lipinski definition) is 0. The first-order chi connectivity index (χ1) is 15.6. The van der Waals surface area contributed by atoms with Gasteiger partial charge in [0, 0.05) is 17.7 Å². The normalized spacial score (nSPS) is 10.3. The van der Waals surface area contributed by atoms with Crippen LogP contribution in [0.4, 0.5) is 22.7 Å². The zero-order valence-corrected chi connectivity index (χ0v) is 16.6. The third-order valence-corrected chi connectivity index (χ3v) is 4.37. The van der Waals surface area contributed by atoms with Crippen LogP contribution < -0.4 is 9.47 Å². The van der Waals surface area contributed by atoms with Gasteiger partial charge in [0.2, 0.25) is 11.5 Å². The maximum atomic E-state index is 11.3. The number of non-ortho nitro benzene ring substituents is 2. The summed E-state index contributed by atoms with van der Waals surface area (Å²) in [4.78, 5) is 41.2. The second-order valence-corrected chi connectivity index (χ2v) is 6.42. The first kappa shape index (κ1) is 22.5. The molecular weight excluding hydrogens is 444 g/mol. The predicted octanol–water partition coefficient (Wildman–Crippen LogP) is 5.21. The van der Waals surface area contributed by atoms with E-state index in [1.165, 1.54) is 25.1 Å². The second kappa shape index (κ2) is 8.93. The van der Waals surface area contributed by atoms with Gasteiger partial charge in [-0.05, 0) is 31.2 Å². The lowest BCUT2D eigenvalue weighted by molar-refractivity contribution is -0.394. The van der Waals surface area contributed by atoms with Crippen LogP contribution in [0.3, 0.4) is 0 Å². The quantitative estimate of drug-likeness (QED) is 0.321. The maximum absolute atomic E-state index is 11.3. The van der Waals surface area contributed by atoms with Crippen LogP contribution in [0.25, 0.3) is 0 Å². The van der Waals surface area contributed by atoms with Crippen molar-refractivity contribution in [2.75, 3.05) is 0 Å². The van der Waals surface area contributed by atoms with Gasteiger partial charge >= 0.3 is 11.4 Å². The standard InChI is InChI=1S/C19H12N4O10/c1-11-16(32-18-7-5-12(20(24)25)9-14(18)22(28)29)3-2-4-17(11)33-19-8-6-13(21(26)27)10-15(19)23(30)31/h2-10H,1H3. The van der Waals surface area contributed by atoms with Crippen molar-refractivity contribution in [1.82, 2.24) is 0 Å². The lowest BCUT2D eigenvalue weighted by Gasteiger charge is -2.13. The highest BCUT2D eigenvalue weighted by molar-refractivity contribution is 5.58. The summed E-state index contributed by atoms with van der Waals surface area (Å²) in [6, 6.07) is 10.1. The molecule has 0 N–H and O–H groups in total. The number of nitrogens with zero attached hydrogens (tertiary/aromatic N) is 4. The zero-order chi connectivity index (χ0) is 24.3. The predicted molar refractivity (Wildman–Crippen MR) is 111 cm³/mol. The highest BCUT2D eigenvalue weighted by Gasteiger charge is 2.24. The van der Waals surface area contributed by atoms with Crippen molar-refractivity contribution >= 4 is 22.7 Å². The Hall–Kier alpha value is -5.14. The van der Waals surface area contributed by atoms with E-state index >= 15 is 0 Å². The minimum atomic E-state index is -0.835. The second-order valence-electron chi connectivity index (χ2n) is 6.42. The topological polar surface area (TPSA) is 191 Å². The Kier molecular flexibility index (Phi) is 6.10. The summed E-state index contributed by atoms with van der Waals surface area (Å²) in [5.74, 6) is -0.387. The molecule has 14 nitrogen and oxygen atoms in total. The SMILES string of the molecule is Cc1c(Oc2ccc([N+](=O)[O-])cc2[N+](=O)[O-])cccc1Oc1ccc([N+](=O)[O-])cc1[N+](=O)[O-]. The molecule has 14 heteroatoms. The molecule has 0 amide bonds. The number of hydrogen-bond acceptors (Lipinski definition) is 10. The van der Waals surface area contributed by atoms with E-state index in [1.807, 2.05) is 0 Å². The van der Waals surface area contributed by atoms with E-state index in [2.05, 4.69) is 0 Å². The largest absolute Gasteiger partial charge is 0.450 e. The lowest BCUT2D eigenvalue weighted by atomic mass is 10.2. The molecule has 168 valence electrons. The van der Waals surface area contributed by atoms with Gasteiger partial charge in [-0.2, -0.15) is 0 Å². The monoisotopic (exact) mass is 456 g/mol. The molecular formula is C19H12N4O10. The van der Waals surface area contributed by atoms with E-state index in [9.17, 15) is 40.5 Å².